The molecule has 0 saturated carbocycles. The predicted molar refractivity (Wildman–Crippen MR) is 143 cm³/mol. The Kier molecular flexibility index (Phi) is 8.14. The first-order valence-corrected chi connectivity index (χ1v) is 15.1. The van der Waals surface area contributed by atoms with Crippen LogP contribution in [-0.4, -0.2) is 38.7 Å². The number of carbonyl (C=O) groups excluding carboxylic acids is 1. The summed E-state index contributed by atoms with van der Waals surface area (Å²) in [6, 6.07) is 10.5. The Labute approximate surface area is 219 Å². The van der Waals surface area contributed by atoms with Gasteiger partial charge in [-0.1, -0.05) is 30.7 Å². The maximum Gasteiger partial charge on any atom is 0.340 e. The van der Waals surface area contributed by atoms with Crippen LogP contribution in [0, 0.1) is 13.8 Å². The van der Waals surface area contributed by atoms with Gasteiger partial charge in [-0.3, -0.25) is 4.79 Å². The number of carbonyl (C=O) groups is 1. The van der Waals surface area contributed by atoms with Crippen molar-refractivity contribution in [1.82, 2.24) is 9.78 Å². The van der Waals surface area contributed by atoms with Crippen molar-refractivity contribution in [1.29, 1.82) is 0 Å². The first kappa shape index (κ1) is 28.3. The van der Waals surface area contributed by atoms with E-state index in [9.17, 15) is 21.6 Å². The molecule has 3 rings (SSSR count). The van der Waals surface area contributed by atoms with Crippen molar-refractivity contribution in [2.75, 3.05) is 6.26 Å². The number of benzene rings is 2. The van der Waals surface area contributed by atoms with Gasteiger partial charge in [0.1, 0.15) is 10.5 Å². The highest BCUT2D eigenvalue weighted by molar-refractivity contribution is 7.90. The van der Waals surface area contributed by atoms with E-state index < -0.39 is 25.7 Å². The summed E-state index contributed by atoms with van der Waals surface area (Å²) in [4.78, 5) is 14.0. The highest BCUT2D eigenvalue weighted by Gasteiger charge is 2.31. The van der Waals surface area contributed by atoms with Crippen LogP contribution in [-0.2, 0) is 26.5 Å². The van der Waals surface area contributed by atoms with Crippen LogP contribution in [0.2, 0.25) is 0 Å². The van der Waals surface area contributed by atoms with Crippen LogP contribution in [0.25, 0.3) is 5.57 Å². The van der Waals surface area contributed by atoms with E-state index in [-0.39, 0.29) is 26.8 Å². The van der Waals surface area contributed by atoms with E-state index in [0.29, 0.717) is 29.8 Å². The maximum atomic E-state index is 14.0. The smallest absolute Gasteiger partial charge is 0.340 e. The average molecular weight is 545 g/mol. The molecule has 0 saturated heterocycles. The fraction of sp³-hybridized carbons (Fsp3) is 0.333. The van der Waals surface area contributed by atoms with Crippen molar-refractivity contribution in [2.45, 2.75) is 64.3 Å². The van der Waals surface area contributed by atoms with Gasteiger partial charge in [-0.15, -0.1) is 0 Å². The van der Waals surface area contributed by atoms with Gasteiger partial charge in [-0.2, -0.15) is 13.5 Å². The van der Waals surface area contributed by atoms with Crippen LogP contribution >= 0.6 is 0 Å². The van der Waals surface area contributed by atoms with Crippen molar-refractivity contribution < 1.29 is 25.8 Å². The van der Waals surface area contributed by atoms with Gasteiger partial charge in [0, 0.05) is 18.4 Å². The largest absolute Gasteiger partial charge is 0.358 e. The fourth-order valence-corrected chi connectivity index (χ4v) is 6.06. The quantitative estimate of drug-likeness (QED) is 0.271. The monoisotopic (exact) mass is 544 g/mol. The number of allylic oxidation sites excluding steroid dienone is 2. The van der Waals surface area contributed by atoms with E-state index in [1.54, 1.807) is 32.0 Å². The molecule has 1 heterocycles. The van der Waals surface area contributed by atoms with E-state index in [1.165, 1.54) is 28.9 Å². The SMILES string of the molecule is CCCn1nc(C)c(C(=O)c2ccc(S(C)(=O)=O)c(C(C)=C(C)C)c2C)c1OS(=O)(=O)c1ccccc1. The Morgan fingerprint density at radius 2 is 1.57 bits per heavy atom. The molecule has 0 aliphatic carbocycles. The van der Waals surface area contributed by atoms with Crippen LogP contribution in [0.4, 0.5) is 0 Å². The minimum Gasteiger partial charge on any atom is -0.358 e. The summed E-state index contributed by atoms with van der Waals surface area (Å²) in [7, 11) is -7.83. The topological polar surface area (TPSA) is 112 Å². The minimum absolute atomic E-state index is 0.0176. The molecule has 10 heteroatoms. The number of hydrogen-bond donors (Lipinski definition) is 0. The van der Waals surface area contributed by atoms with E-state index in [1.807, 2.05) is 27.7 Å². The molecule has 0 amide bonds. The summed E-state index contributed by atoms with van der Waals surface area (Å²) in [5.74, 6) is -0.668. The van der Waals surface area contributed by atoms with Crippen molar-refractivity contribution >= 4 is 31.3 Å². The molecule has 2 aromatic carbocycles. The average Bonchev–Trinajstić information content (AvgIpc) is 3.11. The molecule has 0 radical (unpaired) electrons. The molecule has 0 spiro atoms. The lowest BCUT2D eigenvalue weighted by molar-refractivity contribution is 0.103. The van der Waals surface area contributed by atoms with Crippen molar-refractivity contribution in [3.63, 3.8) is 0 Å². The Hall–Kier alpha value is -3.24. The van der Waals surface area contributed by atoms with Gasteiger partial charge < -0.3 is 4.18 Å². The second kappa shape index (κ2) is 10.6. The standard InChI is InChI=1S/C27H32N2O6S2/c1-8-16-29-27(35-37(33,34)21-12-10-9-11-13-21)25(20(6)28-29)26(30)22-14-15-23(36(7,31)32)24(19(22)5)18(4)17(2)3/h9-15H,8,16H2,1-7H3. The molecule has 0 atom stereocenters. The number of aryl methyl sites for hydroxylation is 2. The van der Waals surface area contributed by atoms with Crippen molar-refractivity contribution in [3.05, 3.63) is 76.0 Å². The van der Waals surface area contributed by atoms with Gasteiger partial charge in [0.25, 0.3) is 0 Å². The zero-order valence-corrected chi connectivity index (χ0v) is 23.7. The molecule has 3 aromatic rings. The normalized spacial score (nSPS) is 11.9. The Balaban J connectivity index is 2.26. The van der Waals surface area contributed by atoms with Crippen molar-refractivity contribution in [2.24, 2.45) is 0 Å². The fourth-order valence-electron chi connectivity index (χ4n) is 4.10. The molecule has 1 aromatic heterocycles. The van der Waals surface area contributed by atoms with Gasteiger partial charge >= 0.3 is 10.1 Å². The van der Waals surface area contributed by atoms with Gasteiger partial charge in [0.2, 0.25) is 11.7 Å². The lowest BCUT2D eigenvalue weighted by atomic mass is 9.91. The van der Waals surface area contributed by atoms with E-state index in [4.69, 9.17) is 4.18 Å². The van der Waals surface area contributed by atoms with Crippen LogP contribution in [0.15, 0.2) is 57.8 Å². The van der Waals surface area contributed by atoms with Crippen LogP contribution in [0.3, 0.4) is 0 Å². The summed E-state index contributed by atoms with van der Waals surface area (Å²) in [6.07, 6.45) is 1.76. The van der Waals surface area contributed by atoms with Gasteiger partial charge in [-0.25, -0.2) is 13.1 Å². The van der Waals surface area contributed by atoms with E-state index >= 15 is 0 Å². The summed E-state index contributed by atoms with van der Waals surface area (Å²) in [5, 5.41) is 4.40. The van der Waals surface area contributed by atoms with E-state index in [2.05, 4.69) is 5.10 Å². The number of nitrogens with zero attached hydrogens (tertiary/aromatic N) is 2. The molecular formula is C27H32N2O6S2. The molecule has 8 nitrogen and oxygen atoms in total. The second-order valence-electron chi connectivity index (χ2n) is 9.18. The van der Waals surface area contributed by atoms with Gasteiger partial charge in [0.15, 0.2) is 9.84 Å². The molecule has 37 heavy (non-hydrogen) atoms. The Morgan fingerprint density at radius 1 is 0.946 bits per heavy atom. The van der Waals surface area contributed by atoms with Crippen LogP contribution in [0.5, 0.6) is 5.88 Å². The predicted octanol–water partition coefficient (Wildman–Crippen LogP) is 5.13. The first-order chi connectivity index (χ1) is 17.2. The third-order valence-corrected chi connectivity index (χ3v) is 8.53. The maximum absolute atomic E-state index is 14.0. The van der Waals surface area contributed by atoms with Gasteiger partial charge in [0.05, 0.1) is 10.6 Å². The first-order valence-electron chi connectivity index (χ1n) is 11.8. The zero-order valence-electron chi connectivity index (χ0n) is 22.1. The Bertz CT molecular complexity index is 1600. The lowest BCUT2D eigenvalue weighted by Crippen LogP contribution is -2.16. The third-order valence-electron chi connectivity index (χ3n) is 6.16. The number of ketones is 1. The summed E-state index contributed by atoms with van der Waals surface area (Å²) in [5.41, 5.74) is 3.16. The number of hydrogen-bond acceptors (Lipinski definition) is 7. The molecular weight excluding hydrogens is 512 g/mol. The number of sulfone groups is 1. The molecule has 0 unspecified atom stereocenters. The third kappa shape index (κ3) is 5.70. The summed E-state index contributed by atoms with van der Waals surface area (Å²) in [6.45, 7) is 11.1. The molecule has 198 valence electrons. The van der Waals surface area contributed by atoms with E-state index in [0.717, 1.165) is 17.4 Å². The molecule has 0 N–H and O–H groups in total. The van der Waals surface area contributed by atoms with Crippen LogP contribution in [0.1, 0.15) is 66.9 Å². The molecule has 0 aliphatic heterocycles. The molecule has 0 aliphatic rings. The number of aromatic nitrogens is 2. The van der Waals surface area contributed by atoms with Crippen LogP contribution < -0.4 is 4.18 Å². The zero-order chi connectivity index (χ0) is 27.7. The highest BCUT2D eigenvalue weighted by atomic mass is 32.2. The second-order valence-corrected chi connectivity index (χ2v) is 12.7. The molecule has 0 fully saturated rings. The summed E-state index contributed by atoms with van der Waals surface area (Å²) >= 11 is 0. The Morgan fingerprint density at radius 3 is 2.11 bits per heavy atom. The van der Waals surface area contributed by atoms with Gasteiger partial charge in [-0.05, 0) is 82.0 Å². The number of rotatable bonds is 9. The summed E-state index contributed by atoms with van der Waals surface area (Å²) < 4.78 is 58.2. The van der Waals surface area contributed by atoms with Crippen molar-refractivity contribution in [3.8, 4) is 5.88 Å². The molecule has 0 bridgehead atoms. The lowest BCUT2D eigenvalue weighted by Gasteiger charge is -2.17. The highest BCUT2D eigenvalue weighted by Crippen LogP contribution is 2.34. The minimum atomic E-state index is -4.25.